The lowest BCUT2D eigenvalue weighted by molar-refractivity contribution is 0.240. The first-order valence-corrected chi connectivity index (χ1v) is 8.32. The molecule has 2 nitrogen and oxygen atoms in total. The number of unbranched alkanes of at least 4 members (excludes halogenated alkanes) is 5. The standard InChI is InChI=1S/C16H34N2/c1-3-5-7-8-9-14-18(13-6-4-2)15-16-11-10-12-17-16/h16-17H,3-15H2,1-2H3. The molecule has 1 heterocycles. The van der Waals surface area contributed by atoms with Crippen LogP contribution in [0, 0.1) is 0 Å². The smallest absolute Gasteiger partial charge is 0.0195 e. The molecule has 1 rings (SSSR count). The highest BCUT2D eigenvalue weighted by Crippen LogP contribution is 2.10. The fourth-order valence-electron chi connectivity index (χ4n) is 2.84. The van der Waals surface area contributed by atoms with E-state index < -0.39 is 0 Å². The topological polar surface area (TPSA) is 15.3 Å². The van der Waals surface area contributed by atoms with E-state index in [1.165, 1.54) is 84.0 Å². The van der Waals surface area contributed by atoms with Crippen molar-refractivity contribution in [2.45, 2.75) is 77.7 Å². The molecule has 0 aromatic heterocycles. The van der Waals surface area contributed by atoms with E-state index in [2.05, 4.69) is 24.1 Å². The van der Waals surface area contributed by atoms with Crippen LogP contribution < -0.4 is 5.32 Å². The largest absolute Gasteiger partial charge is 0.313 e. The second kappa shape index (κ2) is 10.8. The molecule has 108 valence electrons. The quantitative estimate of drug-likeness (QED) is 0.564. The summed E-state index contributed by atoms with van der Waals surface area (Å²) in [6, 6.07) is 0.775. The van der Waals surface area contributed by atoms with Crippen LogP contribution in [0.3, 0.4) is 0 Å². The summed E-state index contributed by atoms with van der Waals surface area (Å²) in [5.74, 6) is 0. The molecular weight excluding hydrogens is 220 g/mol. The summed E-state index contributed by atoms with van der Waals surface area (Å²) in [5, 5.41) is 3.63. The molecule has 1 fully saturated rings. The lowest BCUT2D eigenvalue weighted by Gasteiger charge is -2.25. The highest BCUT2D eigenvalue weighted by atomic mass is 15.1. The van der Waals surface area contributed by atoms with Crippen LogP contribution in [0.15, 0.2) is 0 Å². The van der Waals surface area contributed by atoms with E-state index in [0.29, 0.717) is 0 Å². The van der Waals surface area contributed by atoms with Crippen LogP contribution in [0.25, 0.3) is 0 Å². The zero-order chi connectivity index (χ0) is 13.1. The van der Waals surface area contributed by atoms with Crippen molar-refractivity contribution in [3.05, 3.63) is 0 Å². The van der Waals surface area contributed by atoms with Gasteiger partial charge >= 0.3 is 0 Å². The molecule has 0 bridgehead atoms. The van der Waals surface area contributed by atoms with Crippen molar-refractivity contribution in [1.29, 1.82) is 0 Å². The number of nitrogens with zero attached hydrogens (tertiary/aromatic N) is 1. The number of rotatable bonds is 11. The van der Waals surface area contributed by atoms with Crippen molar-refractivity contribution in [2.75, 3.05) is 26.2 Å². The fourth-order valence-corrected chi connectivity index (χ4v) is 2.84. The molecular formula is C16H34N2. The van der Waals surface area contributed by atoms with Crippen LogP contribution in [0.5, 0.6) is 0 Å². The van der Waals surface area contributed by atoms with E-state index in [9.17, 15) is 0 Å². The van der Waals surface area contributed by atoms with Crippen molar-refractivity contribution in [3.8, 4) is 0 Å². The minimum Gasteiger partial charge on any atom is -0.313 e. The molecule has 1 unspecified atom stereocenters. The van der Waals surface area contributed by atoms with Gasteiger partial charge in [0.1, 0.15) is 0 Å². The van der Waals surface area contributed by atoms with Gasteiger partial charge in [-0.1, -0.05) is 46.0 Å². The van der Waals surface area contributed by atoms with Gasteiger partial charge in [0.05, 0.1) is 0 Å². The van der Waals surface area contributed by atoms with E-state index in [0.717, 1.165) is 6.04 Å². The molecule has 0 aliphatic carbocycles. The summed E-state index contributed by atoms with van der Waals surface area (Å²) in [6.45, 7) is 9.74. The maximum Gasteiger partial charge on any atom is 0.0195 e. The number of hydrogen-bond acceptors (Lipinski definition) is 2. The Morgan fingerprint density at radius 3 is 2.33 bits per heavy atom. The van der Waals surface area contributed by atoms with Crippen LogP contribution in [-0.4, -0.2) is 37.1 Å². The van der Waals surface area contributed by atoms with Crippen LogP contribution >= 0.6 is 0 Å². The lowest BCUT2D eigenvalue weighted by atomic mass is 10.1. The second-order valence-corrected chi connectivity index (χ2v) is 5.86. The van der Waals surface area contributed by atoms with E-state index in [1.54, 1.807) is 0 Å². The number of nitrogens with one attached hydrogen (secondary N) is 1. The van der Waals surface area contributed by atoms with Crippen molar-refractivity contribution in [1.82, 2.24) is 10.2 Å². The molecule has 0 saturated carbocycles. The van der Waals surface area contributed by atoms with E-state index in [4.69, 9.17) is 0 Å². The van der Waals surface area contributed by atoms with Gasteiger partial charge < -0.3 is 10.2 Å². The van der Waals surface area contributed by atoms with E-state index in [-0.39, 0.29) is 0 Å². The Balaban J connectivity index is 2.13. The summed E-state index contributed by atoms with van der Waals surface area (Å²) in [5.41, 5.74) is 0. The third kappa shape index (κ3) is 7.38. The van der Waals surface area contributed by atoms with Gasteiger partial charge in [0.2, 0.25) is 0 Å². The number of hydrogen-bond donors (Lipinski definition) is 1. The third-order valence-corrected chi connectivity index (χ3v) is 4.05. The third-order valence-electron chi connectivity index (χ3n) is 4.05. The molecule has 18 heavy (non-hydrogen) atoms. The highest BCUT2D eigenvalue weighted by Gasteiger charge is 2.17. The molecule has 1 aliphatic heterocycles. The maximum absolute atomic E-state index is 3.63. The van der Waals surface area contributed by atoms with Crippen molar-refractivity contribution < 1.29 is 0 Å². The van der Waals surface area contributed by atoms with Gasteiger partial charge in [-0.25, -0.2) is 0 Å². The first-order valence-electron chi connectivity index (χ1n) is 8.32. The monoisotopic (exact) mass is 254 g/mol. The average Bonchev–Trinajstić information content (AvgIpc) is 2.88. The first-order chi connectivity index (χ1) is 8.86. The molecule has 0 amide bonds. The lowest BCUT2D eigenvalue weighted by Crippen LogP contribution is -2.38. The summed E-state index contributed by atoms with van der Waals surface area (Å²) in [6.07, 6.45) is 12.5. The van der Waals surface area contributed by atoms with Crippen LogP contribution in [0.4, 0.5) is 0 Å². The van der Waals surface area contributed by atoms with Gasteiger partial charge in [-0.15, -0.1) is 0 Å². The summed E-state index contributed by atoms with van der Waals surface area (Å²) >= 11 is 0. The molecule has 0 spiro atoms. The Morgan fingerprint density at radius 1 is 0.944 bits per heavy atom. The normalized spacial score (nSPS) is 19.8. The highest BCUT2D eigenvalue weighted by molar-refractivity contribution is 4.77. The molecule has 1 aliphatic rings. The minimum atomic E-state index is 0.775. The minimum absolute atomic E-state index is 0.775. The van der Waals surface area contributed by atoms with Gasteiger partial charge in [-0.2, -0.15) is 0 Å². The summed E-state index contributed by atoms with van der Waals surface area (Å²) in [7, 11) is 0. The maximum atomic E-state index is 3.63. The molecule has 1 atom stereocenters. The summed E-state index contributed by atoms with van der Waals surface area (Å²) < 4.78 is 0. The van der Waals surface area contributed by atoms with Gasteiger partial charge in [0.15, 0.2) is 0 Å². The molecule has 0 aromatic rings. The van der Waals surface area contributed by atoms with Crippen LogP contribution in [-0.2, 0) is 0 Å². The Hall–Kier alpha value is -0.0800. The average molecular weight is 254 g/mol. The Bertz CT molecular complexity index is 176. The molecule has 1 saturated heterocycles. The predicted octanol–water partition coefficient (Wildman–Crippen LogP) is 3.81. The summed E-state index contributed by atoms with van der Waals surface area (Å²) in [4.78, 5) is 2.71. The van der Waals surface area contributed by atoms with Crippen molar-refractivity contribution in [2.24, 2.45) is 0 Å². The zero-order valence-electron chi connectivity index (χ0n) is 12.7. The zero-order valence-corrected chi connectivity index (χ0v) is 12.7. The van der Waals surface area contributed by atoms with Gasteiger partial charge in [0.25, 0.3) is 0 Å². The Kier molecular flexibility index (Phi) is 9.59. The second-order valence-electron chi connectivity index (χ2n) is 5.86. The molecule has 0 aromatic carbocycles. The SMILES string of the molecule is CCCCCCCN(CCCC)CC1CCCN1. The van der Waals surface area contributed by atoms with Crippen LogP contribution in [0.1, 0.15) is 71.6 Å². The van der Waals surface area contributed by atoms with Gasteiger partial charge in [-0.3, -0.25) is 0 Å². The van der Waals surface area contributed by atoms with Gasteiger partial charge in [0, 0.05) is 12.6 Å². The predicted molar refractivity (Wildman–Crippen MR) is 81.1 cm³/mol. The van der Waals surface area contributed by atoms with Gasteiger partial charge in [-0.05, 0) is 45.3 Å². The molecule has 1 N–H and O–H groups in total. The van der Waals surface area contributed by atoms with E-state index >= 15 is 0 Å². The first kappa shape index (κ1) is 16.0. The Labute approximate surface area is 115 Å². The Morgan fingerprint density at radius 2 is 1.67 bits per heavy atom. The molecule has 2 heteroatoms. The van der Waals surface area contributed by atoms with Crippen LogP contribution in [0.2, 0.25) is 0 Å². The molecule has 0 radical (unpaired) electrons. The fraction of sp³-hybridized carbons (Fsp3) is 1.00. The van der Waals surface area contributed by atoms with E-state index in [1.807, 2.05) is 0 Å². The van der Waals surface area contributed by atoms with Crippen molar-refractivity contribution >= 4 is 0 Å². The van der Waals surface area contributed by atoms with Crippen molar-refractivity contribution in [3.63, 3.8) is 0 Å².